The standard InChI is InChI=1S/C18H19N5O2/c1-11-9-12(2)23(21-11)15-7-5-14(6-8-15)18(24)20-16(13-3-4-13)17-19-10-25-22-17/h5-10,13,16H,3-4H2,1-2H3,(H,20,24). The van der Waals surface area contributed by atoms with E-state index in [1.807, 2.05) is 36.7 Å². The first kappa shape index (κ1) is 15.6. The summed E-state index contributed by atoms with van der Waals surface area (Å²) in [6, 6.07) is 9.24. The fourth-order valence-electron chi connectivity index (χ4n) is 3.01. The van der Waals surface area contributed by atoms with Crippen LogP contribution in [0.4, 0.5) is 0 Å². The molecule has 2 heterocycles. The Morgan fingerprint density at radius 3 is 2.60 bits per heavy atom. The SMILES string of the molecule is Cc1cc(C)n(-c2ccc(C(=O)NC(c3ncon3)C3CC3)cc2)n1. The minimum atomic E-state index is -0.193. The van der Waals surface area contributed by atoms with Gasteiger partial charge < -0.3 is 9.84 Å². The van der Waals surface area contributed by atoms with Crippen molar-refractivity contribution in [1.29, 1.82) is 0 Å². The van der Waals surface area contributed by atoms with E-state index in [0.29, 0.717) is 17.3 Å². The Balaban J connectivity index is 1.51. The van der Waals surface area contributed by atoms with Gasteiger partial charge in [0.2, 0.25) is 6.39 Å². The van der Waals surface area contributed by atoms with Gasteiger partial charge >= 0.3 is 0 Å². The summed E-state index contributed by atoms with van der Waals surface area (Å²) >= 11 is 0. The second kappa shape index (κ2) is 6.16. The third-order valence-electron chi connectivity index (χ3n) is 4.42. The normalized spacial score (nSPS) is 15.1. The third-order valence-corrected chi connectivity index (χ3v) is 4.42. The maximum absolute atomic E-state index is 12.6. The molecule has 1 aliphatic carbocycles. The van der Waals surface area contributed by atoms with Gasteiger partial charge in [-0.15, -0.1) is 0 Å². The lowest BCUT2D eigenvalue weighted by atomic mass is 10.1. The molecule has 1 aliphatic rings. The van der Waals surface area contributed by atoms with Gasteiger partial charge in [0.1, 0.15) is 0 Å². The Kier molecular flexibility index (Phi) is 3.83. The number of amides is 1. The van der Waals surface area contributed by atoms with Gasteiger partial charge in [-0.3, -0.25) is 4.79 Å². The van der Waals surface area contributed by atoms with E-state index in [0.717, 1.165) is 29.9 Å². The monoisotopic (exact) mass is 337 g/mol. The van der Waals surface area contributed by atoms with Crippen molar-refractivity contribution in [1.82, 2.24) is 25.2 Å². The fourth-order valence-corrected chi connectivity index (χ4v) is 3.01. The van der Waals surface area contributed by atoms with Crippen molar-refractivity contribution in [3.05, 3.63) is 59.5 Å². The second-order valence-corrected chi connectivity index (χ2v) is 6.46. The molecule has 1 saturated carbocycles. The average molecular weight is 337 g/mol. The van der Waals surface area contributed by atoms with Gasteiger partial charge in [0.25, 0.3) is 5.91 Å². The van der Waals surface area contributed by atoms with E-state index >= 15 is 0 Å². The van der Waals surface area contributed by atoms with Crippen LogP contribution >= 0.6 is 0 Å². The maximum atomic E-state index is 12.6. The van der Waals surface area contributed by atoms with Gasteiger partial charge in [0.15, 0.2) is 5.82 Å². The van der Waals surface area contributed by atoms with Crippen molar-refractivity contribution in [3.8, 4) is 5.69 Å². The molecule has 1 N–H and O–H groups in total. The van der Waals surface area contributed by atoms with Crippen LogP contribution in [0.15, 0.2) is 41.2 Å². The van der Waals surface area contributed by atoms with Crippen molar-refractivity contribution in [2.75, 3.05) is 0 Å². The van der Waals surface area contributed by atoms with Crippen LogP contribution in [0.5, 0.6) is 0 Å². The van der Waals surface area contributed by atoms with E-state index in [9.17, 15) is 4.79 Å². The molecule has 0 spiro atoms. The molecule has 1 atom stereocenters. The zero-order chi connectivity index (χ0) is 17.4. The summed E-state index contributed by atoms with van der Waals surface area (Å²) in [7, 11) is 0. The van der Waals surface area contributed by atoms with E-state index in [2.05, 4.69) is 20.6 Å². The summed E-state index contributed by atoms with van der Waals surface area (Å²) in [4.78, 5) is 16.7. The van der Waals surface area contributed by atoms with Crippen LogP contribution in [0.1, 0.15) is 46.5 Å². The Morgan fingerprint density at radius 2 is 2.04 bits per heavy atom. The lowest BCUT2D eigenvalue weighted by Gasteiger charge is -2.14. The average Bonchev–Trinajstić information content (AvgIpc) is 3.19. The Labute approximate surface area is 145 Å². The number of rotatable bonds is 5. The van der Waals surface area contributed by atoms with Crippen LogP contribution in [0.25, 0.3) is 5.69 Å². The smallest absolute Gasteiger partial charge is 0.251 e. The first-order valence-corrected chi connectivity index (χ1v) is 8.32. The number of nitrogens with zero attached hydrogens (tertiary/aromatic N) is 4. The minimum absolute atomic E-state index is 0.137. The highest BCUT2D eigenvalue weighted by atomic mass is 16.5. The largest absolute Gasteiger partial charge is 0.343 e. The van der Waals surface area contributed by atoms with Crippen LogP contribution in [0.2, 0.25) is 0 Å². The van der Waals surface area contributed by atoms with Gasteiger partial charge in [-0.05, 0) is 62.9 Å². The molecule has 0 saturated heterocycles. The molecule has 3 aromatic rings. The molecule has 2 aromatic heterocycles. The number of aromatic nitrogens is 4. The van der Waals surface area contributed by atoms with Gasteiger partial charge in [-0.25, -0.2) is 4.68 Å². The molecule has 25 heavy (non-hydrogen) atoms. The summed E-state index contributed by atoms with van der Waals surface area (Å²) in [5, 5.41) is 11.4. The third kappa shape index (κ3) is 3.17. The molecule has 7 nitrogen and oxygen atoms in total. The Bertz CT molecular complexity index is 879. The molecule has 1 amide bonds. The first-order chi connectivity index (χ1) is 12.1. The summed E-state index contributed by atoms with van der Waals surface area (Å²) in [6.07, 6.45) is 3.42. The molecule has 128 valence electrons. The van der Waals surface area contributed by atoms with Gasteiger partial charge in [-0.1, -0.05) is 5.16 Å². The van der Waals surface area contributed by atoms with Crippen LogP contribution < -0.4 is 5.32 Å². The van der Waals surface area contributed by atoms with E-state index in [1.165, 1.54) is 6.39 Å². The van der Waals surface area contributed by atoms with Crippen LogP contribution in [0.3, 0.4) is 0 Å². The van der Waals surface area contributed by atoms with Crippen molar-refractivity contribution in [3.63, 3.8) is 0 Å². The highest BCUT2D eigenvalue weighted by Crippen LogP contribution is 2.40. The van der Waals surface area contributed by atoms with Gasteiger partial charge in [-0.2, -0.15) is 10.1 Å². The minimum Gasteiger partial charge on any atom is -0.343 e. The van der Waals surface area contributed by atoms with Crippen LogP contribution in [-0.4, -0.2) is 25.8 Å². The number of carbonyl (C=O) groups is 1. The zero-order valence-electron chi connectivity index (χ0n) is 14.1. The van der Waals surface area contributed by atoms with Gasteiger partial charge in [0, 0.05) is 11.3 Å². The lowest BCUT2D eigenvalue weighted by Crippen LogP contribution is -2.30. The number of aryl methyl sites for hydroxylation is 2. The second-order valence-electron chi connectivity index (χ2n) is 6.46. The highest BCUT2D eigenvalue weighted by molar-refractivity contribution is 5.94. The Hall–Kier alpha value is -2.96. The lowest BCUT2D eigenvalue weighted by molar-refractivity contribution is 0.0929. The molecule has 1 fully saturated rings. The van der Waals surface area contributed by atoms with Crippen LogP contribution in [0, 0.1) is 19.8 Å². The van der Waals surface area contributed by atoms with Gasteiger partial charge in [0.05, 0.1) is 17.4 Å². The molecule has 1 aromatic carbocycles. The van der Waals surface area contributed by atoms with Crippen molar-refractivity contribution in [2.24, 2.45) is 5.92 Å². The maximum Gasteiger partial charge on any atom is 0.251 e. The van der Waals surface area contributed by atoms with E-state index in [1.54, 1.807) is 12.1 Å². The molecule has 0 bridgehead atoms. The zero-order valence-corrected chi connectivity index (χ0v) is 14.1. The van der Waals surface area contributed by atoms with E-state index in [-0.39, 0.29) is 11.9 Å². The number of benzene rings is 1. The predicted octanol–water partition coefficient (Wildman–Crippen LogP) is 2.75. The summed E-state index contributed by atoms with van der Waals surface area (Å²) < 4.78 is 6.68. The highest BCUT2D eigenvalue weighted by Gasteiger charge is 2.36. The molecule has 7 heteroatoms. The summed E-state index contributed by atoms with van der Waals surface area (Å²) in [5.74, 6) is 0.784. The van der Waals surface area contributed by atoms with Crippen molar-refractivity contribution < 1.29 is 9.32 Å². The van der Waals surface area contributed by atoms with Crippen molar-refractivity contribution in [2.45, 2.75) is 32.7 Å². The molecular formula is C18H19N5O2. The number of carbonyl (C=O) groups excluding carboxylic acids is 1. The summed E-state index contributed by atoms with van der Waals surface area (Å²) in [6.45, 7) is 3.97. The van der Waals surface area contributed by atoms with E-state index in [4.69, 9.17) is 4.52 Å². The Morgan fingerprint density at radius 1 is 1.28 bits per heavy atom. The predicted molar refractivity (Wildman–Crippen MR) is 90.3 cm³/mol. The number of hydrogen-bond acceptors (Lipinski definition) is 5. The number of hydrogen-bond donors (Lipinski definition) is 1. The molecule has 0 radical (unpaired) electrons. The van der Waals surface area contributed by atoms with Crippen LogP contribution in [-0.2, 0) is 0 Å². The van der Waals surface area contributed by atoms with Crippen molar-refractivity contribution >= 4 is 5.91 Å². The summed E-state index contributed by atoms with van der Waals surface area (Å²) in [5.41, 5.74) is 3.55. The quantitative estimate of drug-likeness (QED) is 0.774. The topological polar surface area (TPSA) is 85.8 Å². The van der Waals surface area contributed by atoms with E-state index < -0.39 is 0 Å². The molecule has 1 unspecified atom stereocenters. The molecule has 0 aliphatic heterocycles. The molecule has 4 rings (SSSR count). The number of nitrogens with one attached hydrogen (secondary N) is 1. The first-order valence-electron chi connectivity index (χ1n) is 8.32. The molecular weight excluding hydrogens is 318 g/mol. The fraction of sp³-hybridized carbons (Fsp3) is 0.333.